The van der Waals surface area contributed by atoms with Gasteiger partial charge < -0.3 is 9.64 Å². The summed E-state index contributed by atoms with van der Waals surface area (Å²) in [6.07, 6.45) is 0. The second-order valence-corrected chi connectivity index (χ2v) is 6.73. The Morgan fingerprint density at radius 2 is 1.76 bits per heavy atom. The second kappa shape index (κ2) is 5.25. The molecule has 1 aromatic rings. The normalized spacial score (nSPS) is 17.1. The van der Waals surface area contributed by atoms with Crippen molar-refractivity contribution in [3.63, 3.8) is 0 Å². The molecule has 0 bridgehead atoms. The van der Waals surface area contributed by atoms with Crippen LogP contribution in [0.5, 0.6) is 0 Å². The summed E-state index contributed by atoms with van der Waals surface area (Å²) in [4.78, 5) is 2.21. The molecule has 1 aromatic carbocycles. The summed E-state index contributed by atoms with van der Waals surface area (Å²) in [6.45, 7) is 3.20. The highest BCUT2D eigenvalue weighted by Gasteiger charge is 2.12. The summed E-state index contributed by atoms with van der Waals surface area (Å²) >= 11 is 0. The largest absolute Gasteiger partial charge is 0.378 e. The second-order valence-electron chi connectivity index (χ2n) is 3.95. The number of morpholine rings is 1. The average molecular weight is 276 g/mol. The van der Waals surface area contributed by atoms with Crippen LogP contribution in [0.2, 0.25) is 0 Å². The van der Waals surface area contributed by atoms with Crippen LogP contribution in [-0.2, 0) is 19.5 Å². The van der Waals surface area contributed by atoms with E-state index in [1.807, 2.05) is 12.1 Å². The molecule has 0 radical (unpaired) electrons. The fourth-order valence-corrected chi connectivity index (χ4v) is 2.79. The van der Waals surface area contributed by atoms with Gasteiger partial charge in [0.1, 0.15) is 0 Å². The summed E-state index contributed by atoms with van der Waals surface area (Å²) in [7, 11) is 1.73. The molecule has 1 heterocycles. The van der Waals surface area contributed by atoms with E-state index >= 15 is 0 Å². The summed E-state index contributed by atoms with van der Waals surface area (Å²) in [5.74, 6) is -0.127. The van der Waals surface area contributed by atoms with E-state index in [1.54, 1.807) is 12.1 Å². The smallest absolute Gasteiger partial charge is 0.236 e. The number of anilines is 1. The van der Waals surface area contributed by atoms with E-state index in [4.69, 9.17) is 15.4 Å². The van der Waals surface area contributed by atoms with E-state index < -0.39 is 9.05 Å². The van der Waals surface area contributed by atoms with E-state index in [0.29, 0.717) is 5.56 Å². The Hall–Kier alpha value is -0.780. The van der Waals surface area contributed by atoms with Crippen LogP contribution >= 0.6 is 10.7 Å². The first-order valence-corrected chi connectivity index (χ1v) is 7.86. The molecule has 0 unspecified atom stereocenters. The zero-order valence-electron chi connectivity index (χ0n) is 9.30. The van der Waals surface area contributed by atoms with Crippen molar-refractivity contribution >= 4 is 25.4 Å². The van der Waals surface area contributed by atoms with Crippen LogP contribution < -0.4 is 4.90 Å². The first kappa shape index (κ1) is 12.7. The molecule has 0 spiro atoms. The zero-order valence-corrected chi connectivity index (χ0v) is 10.9. The maximum absolute atomic E-state index is 10.9. The topological polar surface area (TPSA) is 46.6 Å². The van der Waals surface area contributed by atoms with Crippen LogP contribution in [-0.4, -0.2) is 34.7 Å². The minimum absolute atomic E-state index is 0.127. The van der Waals surface area contributed by atoms with Gasteiger partial charge in [0.2, 0.25) is 9.05 Å². The number of benzene rings is 1. The van der Waals surface area contributed by atoms with Crippen LogP contribution in [0, 0.1) is 0 Å². The van der Waals surface area contributed by atoms with Gasteiger partial charge in [-0.1, -0.05) is 12.1 Å². The molecule has 6 heteroatoms. The van der Waals surface area contributed by atoms with E-state index in [1.165, 1.54) is 0 Å². The minimum Gasteiger partial charge on any atom is -0.378 e. The molecule has 0 N–H and O–H groups in total. The van der Waals surface area contributed by atoms with E-state index in [-0.39, 0.29) is 5.75 Å². The highest BCUT2D eigenvalue weighted by atomic mass is 35.7. The van der Waals surface area contributed by atoms with Crippen LogP contribution in [0.25, 0.3) is 0 Å². The molecule has 1 aliphatic heterocycles. The molecule has 0 aromatic heterocycles. The lowest BCUT2D eigenvalue weighted by molar-refractivity contribution is 0.122. The van der Waals surface area contributed by atoms with E-state index in [2.05, 4.69) is 4.90 Å². The maximum Gasteiger partial charge on any atom is 0.236 e. The number of hydrogen-bond acceptors (Lipinski definition) is 4. The third-order valence-corrected chi connectivity index (χ3v) is 3.66. The van der Waals surface area contributed by atoms with Gasteiger partial charge in [0.05, 0.1) is 19.0 Å². The predicted octanol–water partition coefficient (Wildman–Crippen LogP) is 1.59. The van der Waals surface area contributed by atoms with Crippen LogP contribution in [0.4, 0.5) is 5.69 Å². The summed E-state index contributed by atoms with van der Waals surface area (Å²) < 4.78 is 27.1. The lowest BCUT2D eigenvalue weighted by Gasteiger charge is -2.28. The zero-order chi connectivity index (χ0) is 12.3. The first-order chi connectivity index (χ1) is 8.04. The quantitative estimate of drug-likeness (QED) is 0.786. The van der Waals surface area contributed by atoms with Crippen molar-refractivity contribution in [3.8, 4) is 0 Å². The SMILES string of the molecule is O=S(=O)(Cl)Cc1ccc(N2CCOCC2)cc1. The van der Waals surface area contributed by atoms with E-state index in [0.717, 1.165) is 32.0 Å². The van der Waals surface area contributed by atoms with Gasteiger partial charge in [-0.15, -0.1) is 0 Å². The highest BCUT2D eigenvalue weighted by Crippen LogP contribution is 2.18. The summed E-state index contributed by atoms with van der Waals surface area (Å²) in [6, 6.07) is 7.43. The number of nitrogens with zero attached hydrogens (tertiary/aromatic N) is 1. The Balaban J connectivity index is 2.07. The van der Waals surface area contributed by atoms with Crippen LogP contribution in [0.15, 0.2) is 24.3 Å². The van der Waals surface area contributed by atoms with Crippen LogP contribution in [0.1, 0.15) is 5.56 Å². The van der Waals surface area contributed by atoms with Gasteiger partial charge in [0, 0.05) is 29.5 Å². The molecular formula is C11H14ClNO3S. The monoisotopic (exact) mass is 275 g/mol. The lowest BCUT2D eigenvalue weighted by Crippen LogP contribution is -2.36. The van der Waals surface area contributed by atoms with Crippen LogP contribution in [0.3, 0.4) is 0 Å². The Kier molecular flexibility index (Phi) is 3.91. The van der Waals surface area contributed by atoms with Gasteiger partial charge in [-0.05, 0) is 17.7 Å². The maximum atomic E-state index is 10.9. The molecule has 0 atom stereocenters. The molecule has 1 saturated heterocycles. The Morgan fingerprint density at radius 1 is 1.18 bits per heavy atom. The first-order valence-electron chi connectivity index (χ1n) is 5.38. The number of halogens is 1. The fraction of sp³-hybridized carbons (Fsp3) is 0.455. The van der Waals surface area contributed by atoms with Crippen molar-refractivity contribution in [2.75, 3.05) is 31.2 Å². The summed E-state index contributed by atoms with van der Waals surface area (Å²) in [5, 5.41) is 0. The predicted molar refractivity (Wildman–Crippen MR) is 68.0 cm³/mol. The minimum atomic E-state index is -3.48. The molecule has 1 fully saturated rings. The average Bonchev–Trinajstić information content (AvgIpc) is 2.29. The van der Waals surface area contributed by atoms with E-state index in [9.17, 15) is 8.42 Å². The Labute approximate surface area is 106 Å². The molecule has 2 rings (SSSR count). The Bertz CT molecular complexity index is 466. The van der Waals surface area contributed by atoms with Crippen molar-refractivity contribution < 1.29 is 13.2 Å². The molecule has 0 saturated carbocycles. The van der Waals surface area contributed by atoms with Gasteiger partial charge in [-0.25, -0.2) is 8.42 Å². The van der Waals surface area contributed by atoms with Crippen molar-refractivity contribution in [2.45, 2.75) is 5.75 Å². The molecule has 0 aliphatic carbocycles. The van der Waals surface area contributed by atoms with Gasteiger partial charge in [0.25, 0.3) is 0 Å². The van der Waals surface area contributed by atoms with Gasteiger partial charge >= 0.3 is 0 Å². The Morgan fingerprint density at radius 3 is 2.29 bits per heavy atom. The lowest BCUT2D eigenvalue weighted by atomic mass is 10.2. The highest BCUT2D eigenvalue weighted by molar-refractivity contribution is 8.13. The number of hydrogen-bond donors (Lipinski definition) is 0. The molecule has 0 amide bonds. The molecule has 1 aliphatic rings. The fourth-order valence-electron chi connectivity index (χ4n) is 1.82. The molecule has 17 heavy (non-hydrogen) atoms. The molecule has 4 nitrogen and oxygen atoms in total. The third kappa shape index (κ3) is 3.87. The van der Waals surface area contributed by atoms with Gasteiger partial charge in [-0.2, -0.15) is 0 Å². The van der Waals surface area contributed by atoms with Gasteiger partial charge in [-0.3, -0.25) is 0 Å². The standard InChI is InChI=1S/C11H14ClNO3S/c12-17(14,15)9-10-1-3-11(4-2-10)13-5-7-16-8-6-13/h1-4H,5-9H2. The third-order valence-electron chi connectivity index (χ3n) is 2.65. The van der Waals surface area contributed by atoms with Gasteiger partial charge in [0.15, 0.2) is 0 Å². The van der Waals surface area contributed by atoms with Crippen molar-refractivity contribution in [1.82, 2.24) is 0 Å². The molecular weight excluding hydrogens is 262 g/mol. The number of rotatable bonds is 3. The number of ether oxygens (including phenoxy) is 1. The van der Waals surface area contributed by atoms with Crippen molar-refractivity contribution in [3.05, 3.63) is 29.8 Å². The van der Waals surface area contributed by atoms with Crippen molar-refractivity contribution in [1.29, 1.82) is 0 Å². The molecule has 94 valence electrons. The summed E-state index contributed by atoms with van der Waals surface area (Å²) in [5.41, 5.74) is 1.79. The van der Waals surface area contributed by atoms with Crippen molar-refractivity contribution in [2.24, 2.45) is 0 Å².